The van der Waals surface area contributed by atoms with Crippen LogP contribution in [-0.4, -0.2) is 55.9 Å². The van der Waals surface area contributed by atoms with Gasteiger partial charge < -0.3 is 19.3 Å². The average Bonchev–Trinajstić information content (AvgIpc) is 3.64. The summed E-state index contributed by atoms with van der Waals surface area (Å²) in [6, 6.07) is 23.0. The van der Waals surface area contributed by atoms with Gasteiger partial charge in [-0.3, -0.25) is 9.69 Å². The zero-order chi connectivity index (χ0) is 27.7. The first-order valence-electron chi connectivity index (χ1n) is 14.0. The van der Waals surface area contributed by atoms with E-state index < -0.39 is 0 Å². The van der Waals surface area contributed by atoms with Gasteiger partial charge in [0.15, 0.2) is 0 Å². The smallest absolute Gasteiger partial charge is 0.305 e. The van der Waals surface area contributed by atoms with Crippen molar-refractivity contribution in [1.82, 2.24) is 4.90 Å². The van der Waals surface area contributed by atoms with Crippen molar-refractivity contribution >= 4 is 27.4 Å². The van der Waals surface area contributed by atoms with Crippen LogP contribution in [0.2, 0.25) is 0 Å². The van der Waals surface area contributed by atoms with Crippen LogP contribution in [0.3, 0.4) is 0 Å². The maximum atomic E-state index is 11.4. The summed E-state index contributed by atoms with van der Waals surface area (Å²) in [4.78, 5) is 15.0. The van der Waals surface area contributed by atoms with Crippen LogP contribution in [0.1, 0.15) is 42.4 Å². The van der Waals surface area contributed by atoms with Gasteiger partial charge in [0, 0.05) is 28.1 Å². The Kier molecular flexibility index (Phi) is 9.71. The van der Waals surface area contributed by atoms with Gasteiger partial charge in [-0.15, -0.1) is 11.3 Å². The molecule has 7 heteroatoms. The molecule has 4 aromatic rings. The van der Waals surface area contributed by atoms with E-state index in [1.807, 2.05) is 12.1 Å². The van der Waals surface area contributed by atoms with Crippen molar-refractivity contribution in [1.29, 1.82) is 0 Å². The summed E-state index contributed by atoms with van der Waals surface area (Å²) in [6.07, 6.45) is 4.26. The molecule has 0 saturated carbocycles. The zero-order valence-corrected chi connectivity index (χ0v) is 23.9. The highest BCUT2D eigenvalue weighted by Gasteiger charge is 2.17. The molecule has 0 atom stereocenters. The predicted molar refractivity (Wildman–Crippen MR) is 160 cm³/mol. The van der Waals surface area contributed by atoms with Crippen LogP contribution in [0, 0.1) is 0 Å². The fraction of sp³-hybridized carbons (Fsp3) is 0.364. The lowest BCUT2D eigenvalue weighted by Crippen LogP contribution is -2.25. The van der Waals surface area contributed by atoms with Gasteiger partial charge in [-0.2, -0.15) is 0 Å². The lowest BCUT2D eigenvalue weighted by molar-refractivity contribution is -0.140. The number of benzene rings is 3. The molecule has 0 radical (unpaired) electrons. The van der Waals surface area contributed by atoms with Crippen LogP contribution in [0.25, 0.3) is 20.5 Å². The van der Waals surface area contributed by atoms with Crippen LogP contribution in [0.5, 0.6) is 11.5 Å². The Hall–Kier alpha value is -3.39. The lowest BCUT2D eigenvalue weighted by Gasteiger charge is -2.15. The van der Waals surface area contributed by atoms with Crippen molar-refractivity contribution in [3.8, 4) is 21.9 Å². The molecular weight excluding hydrogens is 522 g/mol. The predicted octanol–water partition coefficient (Wildman–Crippen LogP) is 6.46. The minimum absolute atomic E-state index is 0.125. The van der Waals surface area contributed by atoms with E-state index >= 15 is 0 Å². The fourth-order valence-corrected chi connectivity index (χ4v) is 6.42. The molecule has 6 nitrogen and oxygen atoms in total. The zero-order valence-electron chi connectivity index (χ0n) is 23.1. The molecular formula is C33H37NO5S. The van der Waals surface area contributed by atoms with Crippen molar-refractivity contribution in [2.45, 2.75) is 38.7 Å². The highest BCUT2D eigenvalue weighted by molar-refractivity contribution is 7.22. The van der Waals surface area contributed by atoms with E-state index in [1.54, 1.807) is 11.3 Å². The standard InChI is InChI=1S/C33H37NO5S/c1-37-32(36)9-6-19-39-30-15-12-25(22-26(30)23-35)33-29(28-7-2-3-8-31(28)40-33)21-24-10-13-27(14-11-24)38-20-18-34-16-4-5-17-34/h2-3,7-8,10-15,22,35H,4-6,9,16-21,23H2,1H3. The number of hydrogen-bond acceptors (Lipinski definition) is 7. The second-order valence-corrected chi connectivity index (χ2v) is 11.2. The van der Waals surface area contributed by atoms with E-state index in [2.05, 4.69) is 64.2 Å². The number of carbonyl (C=O) groups is 1. The highest BCUT2D eigenvalue weighted by atomic mass is 32.1. The number of methoxy groups -OCH3 is 1. The third-order valence-electron chi connectivity index (χ3n) is 7.38. The van der Waals surface area contributed by atoms with Gasteiger partial charge in [-0.05, 0) is 97.2 Å². The Labute approximate surface area is 240 Å². The van der Waals surface area contributed by atoms with Gasteiger partial charge >= 0.3 is 5.97 Å². The van der Waals surface area contributed by atoms with E-state index in [1.165, 1.54) is 59.1 Å². The van der Waals surface area contributed by atoms with Gasteiger partial charge in [0.05, 0.1) is 20.3 Å². The maximum Gasteiger partial charge on any atom is 0.305 e. The summed E-state index contributed by atoms with van der Waals surface area (Å²) in [7, 11) is 1.38. The first-order valence-corrected chi connectivity index (χ1v) is 14.8. The second kappa shape index (κ2) is 13.8. The van der Waals surface area contributed by atoms with Crippen molar-refractivity contribution in [2.75, 3.05) is 40.0 Å². The number of esters is 1. The molecule has 0 aliphatic carbocycles. The first kappa shape index (κ1) is 28.1. The van der Waals surface area contributed by atoms with E-state index in [0.717, 1.165) is 36.4 Å². The number of aliphatic hydroxyl groups excluding tert-OH is 1. The molecule has 1 aliphatic rings. The SMILES string of the molecule is COC(=O)CCCOc1ccc(-c2sc3ccccc3c2Cc2ccc(OCCN3CCCC3)cc2)cc1CO. The molecule has 5 rings (SSSR count). The molecule has 1 aromatic heterocycles. The Bertz CT molecular complexity index is 1410. The van der Waals surface area contributed by atoms with Crippen molar-refractivity contribution in [3.05, 3.63) is 83.4 Å². The molecule has 1 aliphatic heterocycles. The Morgan fingerprint density at radius 1 is 0.975 bits per heavy atom. The minimum atomic E-state index is -0.252. The normalized spacial score (nSPS) is 13.6. The summed E-state index contributed by atoms with van der Waals surface area (Å²) in [5, 5.41) is 11.4. The van der Waals surface area contributed by atoms with Gasteiger partial charge in [0.25, 0.3) is 0 Å². The van der Waals surface area contributed by atoms with E-state index in [4.69, 9.17) is 9.47 Å². The monoisotopic (exact) mass is 559 g/mol. The Morgan fingerprint density at radius 2 is 1.77 bits per heavy atom. The van der Waals surface area contributed by atoms with Crippen LogP contribution in [-0.2, 0) is 22.6 Å². The average molecular weight is 560 g/mol. The van der Waals surface area contributed by atoms with Crippen LogP contribution in [0.15, 0.2) is 66.7 Å². The van der Waals surface area contributed by atoms with Gasteiger partial charge in [0.1, 0.15) is 18.1 Å². The van der Waals surface area contributed by atoms with Gasteiger partial charge in [-0.25, -0.2) is 0 Å². The molecule has 1 N–H and O–H groups in total. The number of nitrogens with zero attached hydrogens (tertiary/aromatic N) is 1. The number of likely N-dealkylation sites (tertiary alicyclic amines) is 1. The molecule has 1 fully saturated rings. The first-order chi connectivity index (χ1) is 19.6. The van der Waals surface area contributed by atoms with E-state index in [0.29, 0.717) is 25.2 Å². The van der Waals surface area contributed by atoms with Crippen molar-refractivity contribution in [2.24, 2.45) is 0 Å². The molecule has 1 saturated heterocycles. The number of aliphatic hydroxyl groups is 1. The van der Waals surface area contributed by atoms with Crippen molar-refractivity contribution < 1.29 is 24.1 Å². The quantitative estimate of drug-likeness (QED) is 0.150. The van der Waals surface area contributed by atoms with E-state index in [-0.39, 0.29) is 12.6 Å². The second-order valence-electron chi connectivity index (χ2n) is 10.1. The maximum absolute atomic E-state index is 11.4. The molecule has 0 unspecified atom stereocenters. The topological polar surface area (TPSA) is 68.2 Å². The third kappa shape index (κ3) is 7.02. The molecule has 40 heavy (non-hydrogen) atoms. The van der Waals surface area contributed by atoms with Crippen LogP contribution < -0.4 is 9.47 Å². The van der Waals surface area contributed by atoms with Gasteiger partial charge in [-0.1, -0.05) is 30.3 Å². The molecule has 0 amide bonds. The summed E-state index contributed by atoms with van der Waals surface area (Å²) >= 11 is 1.77. The minimum Gasteiger partial charge on any atom is -0.493 e. The number of carbonyl (C=O) groups excluding carboxylic acids is 1. The van der Waals surface area contributed by atoms with Crippen molar-refractivity contribution in [3.63, 3.8) is 0 Å². The number of rotatable bonds is 13. The fourth-order valence-electron chi connectivity index (χ4n) is 5.20. The van der Waals surface area contributed by atoms with Crippen LogP contribution in [0.4, 0.5) is 0 Å². The highest BCUT2D eigenvalue weighted by Crippen LogP contribution is 2.41. The number of ether oxygens (including phenoxy) is 3. The van der Waals surface area contributed by atoms with E-state index in [9.17, 15) is 9.90 Å². The summed E-state index contributed by atoms with van der Waals surface area (Å²) in [5.74, 6) is 1.30. The summed E-state index contributed by atoms with van der Waals surface area (Å²) in [5.41, 5.74) is 4.29. The molecule has 3 aromatic carbocycles. The van der Waals surface area contributed by atoms with Crippen LogP contribution >= 0.6 is 11.3 Å². The molecule has 2 heterocycles. The molecule has 0 bridgehead atoms. The number of fused-ring (bicyclic) bond motifs is 1. The summed E-state index contributed by atoms with van der Waals surface area (Å²) in [6.45, 7) is 4.33. The summed E-state index contributed by atoms with van der Waals surface area (Å²) < 4.78 is 17.8. The lowest BCUT2D eigenvalue weighted by atomic mass is 9.98. The largest absolute Gasteiger partial charge is 0.493 e. The third-order valence-corrected chi connectivity index (χ3v) is 8.64. The Morgan fingerprint density at radius 3 is 2.55 bits per heavy atom. The number of thiophene rings is 1. The number of hydrogen-bond donors (Lipinski definition) is 1. The molecule has 0 spiro atoms. The molecule has 210 valence electrons. The Balaban J connectivity index is 1.31. The van der Waals surface area contributed by atoms with Gasteiger partial charge in [0.2, 0.25) is 0 Å².